The Balaban J connectivity index is 2.54. The highest BCUT2D eigenvalue weighted by Crippen LogP contribution is 2.25. The molecule has 19 heavy (non-hydrogen) atoms. The smallest absolute Gasteiger partial charge is 0.406 e. The van der Waals surface area contributed by atoms with Crippen molar-refractivity contribution in [1.29, 1.82) is 0 Å². The molecule has 0 unspecified atom stereocenters. The number of carbonyl (C=O) groups excluding carboxylic acids is 1. The molecule has 4 nitrogen and oxygen atoms in total. The zero-order valence-electron chi connectivity index (χ0n) is 10.0. The van der Waals surface area contributed by atoms with Crippen molar-refractivity contribution < 1.29 is 27.8 Å². The van der Waals surface area contributed by atoms with E-state index in [0.717, 1.165) is 12.1 Å². The predicted octanol–water partition coefficient (Wildman–Crippen LogP) is 2.69. The number of halogens is 3. The molecule has 0 fully saturated rings. The third kappa shape index (κ3) is 6.66. The summed E-state index contributed by atoms with van der Waals surface area (Å²) in [4.78, 5) is 11.4. The highest BCUT2D eigenvalue weighted by Gasteiger charge is 2.31. The maximum absolute atomic E-state index is 12.0. The number of carbonyl (C=O) groups is 1. The lowest BCUT2D eigenvalue weighted by Crippen LogP contribution is -2.17. The SMILES string of the molecule is O=C(CCCCO)Nc1cccc(OC(F)(F)F)c1. The summed E-state index contributed by atoms with van der Waals surface area (Å²) in [6.45, 7) is 0.00217. The Labute approximate surface area is 108 Å². The van der Waals surface area contributed by atoms with E-state index in [-0.39, 0.29) is 30.4 Å². The van der Waals surface area contributed by atoms with Crippen LogP contribution in [0.5, 0.6) is 5.75 Å². The van der Waals surface area contributed by atoms with Crippen LogP contribution in [0.2, 0.25) is 0 Å². The number of unbranched alkanes of at least 4 members (excludes halogenated alkanes) is 1. The number of rotatable bonds is 6. The van der Waals surface area contributed by atoms with Crippen LogP contribution < -0.4 is 10.1 Å². The molecule has 0 saturated carbocycles. The second-order valence-electron chi connectivity index (χ2n) is 3.80. The number of hydrogen-bond donors (Lipinski definition) is 2. The minimum absolute atomic E-state index is 0.00217. The maximum atomic E-state index is 12.0. The van der Waals surface area contributed by atoms with Gasteiger partial charge in [0.1, 0.15) is 5.75 Å². The van der Waals surface area contributed by atoms with Crippen LogP contribution in [0.1, 0.15) is 19.3 Å². The van der Waals surface area contributed by atoms with Crippen LogP contribution in [0, 0.1) is 0 Å². The minimum Gasteiger partial charge on any atom is -0.406 e. The number of alkyl halides is 3. The maximum Gasteiger partial charge on any atom is 0.573 e. The van der Waals surface area contributed by atoms with Crippen LogP contribution in [-0.2, 0) is 4.79 Å². The molecular weight excluding hydrogens is 263 g/mol. The molecule has 0 saturated heterocycles. The normalized spacial score (nSPS) is 11.2. The first-order valence-electron chi connectivity index (χ1n) is 5.67. The summed E-state index contributed by atoms with van der Waals surface area (Å²) in [6.07, 6.45) is -3.54. The van der Waals surface area contributed by atoms with Gasteiger partial charge in [0.05, 0.1) is 0 Å². The molecule has 106 valence electrons. The first-order valence-corrected chi connectivity index (χ1v) is 5.67. The summed E-state index contributed by atoms with van der Waals surface area (Å²) in [5.74, 6) is -0.710. The van der Waals surface area contributed by atoms with Crippen molar-refractivity contribution in [3.8, 4) is 5.75 Å². The van der Waals surface area contributed by atoms with Gasteiger partial charge in [-0.15, -0.1) is 13.2 Å². The molecule has 0 aliphatic heterocycles. The third-order valence-electron chi connectivity index (χ3n) is 2.16. The first kappa shape index (κ1) is 15.3. The van der Waals surface area contributed by atoms with E-state index in [1.54, 1.807) is 0 Å². The standard InChI is InChI=1S/C12H14F3NO3/c13-12(14,15)19-10-5-3-4-9(8-10)16-11(18)6-1-2-7-17/h3-5,8,17H,1-2,6-7H2,(H,16,18). The van der Waals surface area contributed by atoms with Gasteiger partial charge in [-0.1, -0.05) is 6.07 Å². The van der Waals surface area contributed by atoms with E-state index in [4.69, 9.17) is 5.11 Å². The molecule has 0 radical (unpaired) electrons. The molecule has 0 aliphatic rings. The van der Waals surface area contributed by atoms with E-state index in [9.17, 15) is 18.0 Å². The number of ether oxygens (including phenoxy) is 1. The van der Waals surface area contributed by atoms with E-state index in [0.29, 0.717) is 12.8 Å². The molecule has 1 aromatic carbocycles. The van der Waals surface area contributed by atoms with Gasteiger partial charge in [-0.3, -0.25) is 4.79 Å². The van der Waals surface area contributed by atoms with E-state index >= 15 is 0 Å². The summed E-state index contributed by atoms with van der Waals surface area (Å²) in [5, 5.41) is 11.0. The van der Waals surface area contributed by atoms with E-state index in [1.807, 2.05) is 0 Å². The Kier molecular flexibility index (Phi) is 5.62. The second-order valence-corrected chi connectivity index (χ2v) is 3.80. The number of nitrogens with one attached hydrogen (secondary N) is 1. The fourth-order valence-electron chi connectivity index (χ4n) is 1.39. The Morgan fingerprint density at radius 1 is 1.32 bits per heavy atom. The zero-order valence-corrected chi connectivity index (χ0v) is 10.0. The van der Waals surface area contributed by atoms with Crippen molar-refractivity contribution in [2.24, 2.45) is 0 Å². The number of anilines is 1. The van der Waals surface area contributed by atoms with Gasteiger partial charge >= 0.3 is 6.36 Å². The Hall–Kier alpha value is -1.76. The molecular formula is C12H14F3NO3. The van der Waals surface area contributed by atoms with Gasteiger partial charge in [0.15, 0.2) is 0 Å². The summed E-state index contributed by atoms with van der Waals surface area (Å²) in [5.41, 5.74) is 0.232. The predicted molar refractivity (Wildman–Crippen MR) is 62.7 cm³/mol. The van der Waals surface area contributed by atoms with E-state index in [1.165, 1.54) is 12.1 Å². The zero-order chi connectivity index (χ0) is 14.3. The molecule has 0 heterocycles. The van der Waals surface area contributed by atoms with Crippen molar-refractivity contribution >= 4 is 11.6 Å². The molecule has 1 amide bonds. The van der Waals surface area contributed by atoms with Gasteiger partial charge in [-0.2, -0.15) is 0 Å². The Morgan fingerprint density at radius 3 is 2.68 bits per heavy atom. The third-order valence-corrected chi connectivity index (χ3v) is 2.16. The summed E-state index contributed by atoms with van der Waals surface area (Å²) < 4.78 is 39.8. The Bertz CT molecular complexity index is 421. The molecule has 7 heteroatoms. The highest BCUT2D eigenvalue weighted by atomic mass is 19.4. The summed E-state index contributed by atoms with van der Waals surface area (Å²) in [6, 6.07) is 5.06. The van der Waals surface area contributed by atoms with Crippen LogP contribution in [0.4, 0.5) is 18.9 Å². The minimum atomic E-state index is -4.76. The van der Waals surface area contributed by atoms with Gasteiger partial charge < -0.3 is 15.2 Å². The van der Waals surface area contributed by atoms with Gasteiger partial charge in [-0.25, -0.2) is 0 Å². The van der Waals surface area contributed by atoms with E-state index in [2.05, 4.69) is 10.1 Å². The number of aliphatic hydroxyl groups is 1. The van der Waals surface area contributed by atoms with Gasteiger partial charge in [-0.05, 0) is 25.0 Å². The molecule has 1 rings (SSSR count). The van der Waals surface area contributed by atoms with Crippen LogP contribution in [-0.4, -0.2) is 24.0 Å². The van der Waals surface area contributed by atoms with Crippen molar-refractivity contribution in [2.75, 3.05) is 11.9 Å². The van der Waals surface area contributed by atoms with Gasteiger partial charge in [0.25, 0.3) is 0 Å². The number of benzene rings is 1. The van der Waals surface area contributed by atoms with Crippen molar-refractivity contribution in [2.45, 2.75) is 25.6 Å². The molecule has 0 aromatic heterocycles. The first-order chi connectivity index (χ1) is 8.90. The van der Waals surface area contributed by atoms with Crippen LogP contribution in [0.25, 0.3) is 0 Å². The molecule has 0 aliphatic carbocycles. The number of aliphatic hydroxyl groups excluding tert-OH is 1. The van der Waals surface area contributed by atoms with Crippen LogP contribution in [0.15, 0.2) is 24.3 Å². The number of hydrogen-bond acceptors (Lipinski definition) is 3. The van der Waals surface area contributed by atoms with Gasteiger partial charge in [0, 0.05) is 24.8 Å². The summed E-state index contributed by atoms with van der Waals surface area (Å²) in [7, 11) is 0. The fraction of sp³-hybridized carbons (Fsp3) is 0.417. The lowest BCUT2D eigenvalue weighted by molar-refractivity contribution is -0.274. The van der Waals surface area contributed by atoms with E-state index < -0.39 is 6.36 Å². The van der Waals surface area contributed by atoms with Crippen molar-refractivity contribution in [3.05, 3.63) is 24.3 Å². The quantitative estimate of drug-likeness (QED) is 0.786. The van der Waals surface area contributed by atoms with Crippen LogP contribution >= 0.6 is 0 Å². The Morgan fingerprint density at radius 2 is 2.05 bits per heavy atom. The van der Waals surface area contributed by atoms with Crippen LogP contribution in [0.3, 0.4) is 0 Å². The molecule has 2 N–H and O–H groups in total. The van der Waals surface area contributed by atoms with Crippen molar-refractivity contribution in [3.63, 3.8) is 0 Å². The molecule has 0 bridgehead atoms. The second kappa shape index (κ2) is 6.98. The summed E-state index contributed by atoms with van der Waals surface area (Å²) >= 11 is 0. The molecule has 1 aromatic rings. The van der Waals surface area contributed by atoms with Crippen molar-refractivity contribution in [1.82, 2.24) is 0 Å². The molecule has 0 spiro atoms. The average molecular weight is 277 g/mol. The largest absolute Gasteiger partial charge is 0.573 e. The highest BCUT2D eigenvalue weighted by molar-refractivity contribution is 5.90. The topological polar surface area (TPSA) is 58.6 Å². The average Bonchev–Trinajstić information content (AvgIpc) is 2.27. The fourth-order valence-corrected chi connectivity index (χ4v) is 1.39. The molecule has 0 atom stereocenters. The lowest BCUT2D eigenvalue weighted by atomic mass is 10.2. The van der Waals surface area contributed by atoms with Gasteiger partial charge in [0.2, 0.25) is 5.91 Å². The number of amides is 1. The lowest BCUT2D eigenvalue weighted by Gasteiger charge is -2.10. The monoisotopic (exact) mass is 277 g/mol.